The SMILES string of the molecule is C[C@@H]1S/C(=C/C(N)=S)NC1=O. The van der Waals surface area contributed by atoms with Crippen molar-refractivity contribution in [1.29, 1.82) is 0 Å². The van der Waals surface area contributed by atoms with Gasteiger partial charge in [-0.25, -0.2) is 0 Å². The van der Waals surface area contributed by atoms with E-state index in [1.165, 1.54) is 11.8 Å². The predicted octanol–water partition coefficient (Wildman–Crippen LogP) is 0.365. The van der Waals surface area contributed by atoms with E-state index in [4.69, 9.17) is 5.73 Å². The monoisotopic (exact) mass is 188 g/mol. The van der Waals surface area contributed by atoms with Crippen LogP contribution in [0.3, 0.4) is 0 Å². The second-order valence-corrected chi connectivity index (χ2v) is 4.01. The third kappa shape index (κ3) is 2.20. The number of nitrogens with two attached hydrogens (primary N) is 1. The quantitative estimate of drug-likeness (QED) is 0.461. The van der Waals surface area contributed by atoms with Crippen molar-refractivity contribution in [2.75, 3.05) is 0 Å². The Hall–Kier alpha value is -0.550. The summed E-state index contributed by atoms with van der Waals surface area (Å²) in [4.78, 5) is 11.2. The second-order valence-electron chi connectivity index (χ2n) is 2.16. The fourth-order valence-corrected chi connectivity index (χ4v) is 1.79. The molecule has 5 heteroatoms. The highest BCUT2D eigenvalue weighted by atomic mass is 32.2. The Morgan fingerprint density at radius 2 is 2.55 bits per heavy atom. The molecule has 0 aromatic carbocycles. The average molecular weight is 188 g/mol. The molecular formula is C6H8N2OS2. The number of hydrogen-bond acceptors (Lipinski definition) is 3. The molecule has 1 saturated heterocycles. The molecule has 0 unspecified atom stereocenters. The Labute approximate surface area is 74.4 Å². The third-order valence-corrected chi connectivity index (χ3v) is 2.35. The first-order valence-corrected chi connectivity index (χ1v) is 4.37. The van der Waals surface area contributed by atoms with Gasteiger partial charge < -0.3 is 11.1 Å². The molecule has 60 valence electrons. The van der Waals surface area contributed by atoms with Gasteiger partial charge in [-0.1, -0.05) is 24.0 Å². The van der Waals surface area contributed by atoms with E-state index < -0.39 is 0 Å². The molecule has 0 aromatic rings. The minimum absolute atomic E-state index is 0.0116. The Bertz CT molecular complexity index is 237. The topological polar surface area (TPSA) is 55.1 Å². The second kappa shape index (κ2) is 3.23. The highest BCUT2D eigenvalue weighted by Gasteiger charge is 2.23. The minimum atomic E-state index is -0.0319. The molecule has 3 nitrogen and oxygen atoms in total. The summed E-state index contributed by atoms with van der Waals surface area (Å²) >= 11 is 6.08. The van der Waals surface area contributed by atoms with Crippen LogP contribution in [0.25, 0.3) is 0 Å². The maximum Gasteiger partial charge on any atom is 0.238 e. The molecule has 11 heavy (non-hydrogen) atoms. The van der Waals surface area contributed by atoms with Crippen molar-refractivity contribution >= 4 is 34.9 Å². The Kier molecular flexibility index (Phi) is 2.51. The number of hydrogen-bond donors (Lipinski definition) is 2. The van der Waals surface area contributed by atoms with Gasteiger partial charge in [-0.3, -0.25) is 4.79 Å². The van der Waals surface area contributed by atoms with Crippen molar-refractivity contribution in [2.45, 2.75) is 12.2 Å². The van der Waals surface area contributed by atoms with Gasteiger partial charge in [0.15, 0.2) is 0 Å². The lowest BCUT2D eigenvalue weighted by Crippen LogP contribution is -2.20. The van der Waals surface area contributed by atoms with E-state index in [2.05, 4.69) is 17.5 Å². The molecule has 0 spiro atoms. The third-order valence-electron chi connectivity index (χ3n) is 1.19. The fourth-order valence-electron chi connectivity index (χ4n) is 0.696. The van der Waals surface area contributed by atoms with Crippen molar-refractivity contribution in [2.24, 2.45) is 5.73 Å². The summed E-state index contributed by atoms with van der Waals surface area (Å²) in [7, 11) is 0. The van der Waals surface area contributed by atoms with Crippen LogP contribution in [0.15, 0.2) is 11.1 Å². The van der Waals surface area contributed by atoms with Crippen molar-refractivity contribution < 1.29 is 4.79 Å². The van der Waals surface area contributed by atoms with Crippen molar-refractivity contribution in [1.82, 2.24) is 5.32 Å². The zero-order valence-corrected chi connectivity index (χ0v) is 7.59. The molecule has 1 amide bonds. The van der Waals surface area contributed by atoms with Crippen LogP contribution in [0.5, 0.6) is 0 Å². The zero-order chi connectivity index (χ0) is 8.43. The molecule has 1 fully saturated rings. The molecule has 0 aromatic heterocycles. The van der Waals surface area contributed by atoms with Gasteiger partial charge in [0, 0.05) is 6.08 Å². The van der Waals surface area contributed by atoms with Crippen LogP contribution < -0.4 is 11.1 Å². The molecule has 1 aliphatic heterocycles. The molecule has 1 heterocycles. The molecule has 1 atom stereocenters. The summed E-state index contributed by atoms with van der Waals surface area (Å²) < 4.78 is 0. The molecule has 1 rings (SSSR count). The Morgan fingerprint density at radius 3 is 2.91 bits per heavy atom. The van der Waals surface area contributed by atoms with Gasteiger partial charge in [-0.05, 0) is 6.92 Å². The minimum Gasteiger partial charge on any atom is -0.390 e. The Balaban J connectivity index is 2.67. The standard InChI is InChI=1S/C6H8N2OS2/c1-3-6(9)8-5(11-3)2-4(7)10/h2-3H,1H3,(H2,7,10)(H,8,9)/b5-2+/t3-/m0/s1. The van der Waals surface area contributed by atoms with Crippen LogP contribution in [-0.4, -0.2) is 16.1 Å². The molecule has 0 aliphatic carbocycles. The fraction of sp³-hybridized carbons (Fsp3) is 0.333. The number of amides is 1. The van der Waals surface area contributed by atoms with E-state index in [0.717, 1.165) is 5.03 Å². The van der Waals surface area contributed by atoms with Crippen LogP contribution in [0.4, 0.5) is 0 Å². The van der Waals surface area contributed by atoms with Gasteiger partial charge >= 0.3 is 0 Å². The smallest absolute Gasteiger partial charge is 0.238 e. The number of carbonyl (C=O) groups excluding carboxylic acids is 1. The highest BCUT2D eigenvalue weighted by molar-refractivity contribution is 8.04. The van der Waals surface area contributed by atoms with Gasteiger partial charge in [0.1, 0.15) is 0 Å². The molecule has 0 radical (unpaired) electrons. The first kappa shape index (κ1) is 8.55. The van der Waals surface area contributed by atoms with Crippen molar-refractivity contribution in [3.8, 4) is 0 Å². The van der Waals surface area contributed by atoms with Crippen LogP contribution in [-0.2, 0) is 4.79 Å². The number of rotatable bonds is 1. The first-order chi connectivity index (χ1) is 5.09. The summed E-state index contributed by atoms with van der Waals surface area (Å²) in [6.07, 6.45) is 1.58. The normalized spacial score (nSPS) is 27.2. The number of nitrogens with one attached hydrogen (secondary N) is 1. The number of carbonyl (C=O) groups is 1. The molecule has 0 bridgehead atoms. The van der Waals surface area contributed by atoms with E-state index in [1.54, 1.807) is 6.08 Å². The van der Waals surface area contributed by atoms with Crippen molar-refractivity contribution in [3.63, 3.8) is 0 Å². The van der Waals surface area contributed by atoms with Crippen LogP contribution >= 0.6 is 24.0 Å². The highest BCUT2D eigenvalue weighted by Crippen LogP contribution is 2.25. The van der Waals surface area contributed by atoms with Crippen molar-refractivity contribution in [3.05, 3.63) is 11.1 Å². The lowest BCUT2D eigenvalue weighted by atomic mass is 10.4. The van der Waals surface area contributed by atoms with E-state index in [1.807, 2.05) is 6.92 Å². The van der Waals surface area contributed by atoms with Gasteiger partial charge in [-0.15, -0.1) is 0 Å². The summed E-state index contributed by atoms with van der Waals surface area (Å²) in [6.45, 7) is 1.83. The van der Waals surface area contributed by atoms with Gasteiger partial charge in [0.25, 0.3) is 0 Å². The summed E-state index contributed by atoms with van der Waals surface area (Å²) in [5.74, 6) is 0.0116. The van der Waals surface area contributed by atoms with Gasteiger partial charge in [0.2, 0.25) is 5.91 Å². The maximum absolute atomic E-state index is 10.9. The lowest BCUT2D eigenvalue weighted by molar-refractivity contribution is -0.118. The van der Waals surface area contributed by atoms with Gasteiger partial charge in [-0.2, -0.15) is 0 Å². The molecule has 3 N–H and O–H groups in total. The summed E-state index contributed by atoms with van der Waals surface area (Å²) in [5.41, 5.74) is 5.25. The van der Waals surface area contributed by atoms with Crippen LogP contribution in [0.2, 0.25) is 0 Å². The van der Waals surface area contributed by atoms with Crippen LogP contribution in [0.1, 0.15) is 6.92 Å². The van der Waals surface area contributed by atoms with E-state index in [9.17, 15) is 4.79 Å². The molecule has 0 saturated carbocycles. The largest absolute Gasteiger partial charge is 0.390 e. The van der Waals surface area contributed by atoms with E-state index >= 15 is 0 Å². The number of thiocarbonyl (C=S) groups is 1. The lowest BCUT2D eigenvalue weighted by Gasteiger charge is -1.92. The molecular weight excluding hydrogens is 180 g/mol. The maximum atomic E-state index is 10.9. The first-order valence-electron chi connectivity index (χ1n) is 3.08. The molecule has 1 aliphatic rings. The average Bonchev–Trinajstić information content (AvgIpc) is 2.10. The Morgan fingerprint density at radius 1 is 1.91 bits per heavy atom. The van der Waals surface area contributed by atoms with Crippen LogP contribution in [0, 0.1) is 0 Å². The van der Waals surface area contributed by atoms with Gasteiger partial charge in [0.05, 0.1) is 15.3 Å². The predicted molar refractivity (Wildman–Crippen MR) is 50.1 cm³/mol. The van der Waals surface area contributed by atoms with E-state index in [0.29, 0.717) is 4.99 Å². The number of thioether (sulfide) groups is 1. The van der Waals surface area contributed by atoms with E-state index in [-0.39, 0.29) is 11.2 Å². The summed E-state index contributed by atoms with van der Waals surface area (Å²) in [6, 6.07) is 0. The summed E-state index contributed by atoms with van der Waals surface area (Å²) in [5, 5.41) is 3.37. The zero-order valence-electron chi connectivity index (χ0n) is 5.96.